The third-order valence-electron chi connectivity index (χ3n) is 9.67. The monoisotopic (exact) mass is 1080 g/mol. The number of aliphatic hydroxyl groups is 3. The minimum absolute atomic E-state index is 0.0708. The van der Waals surface area contributed by atoms with Gasteiger partial charge < -0.3 is 35.8 Å². The van der Waals surface area contributed by atoms with Crippen LogP contribution in [0.2, 0.25) is 5.28 Å². The summed E-state index contributed by atoms with van der Waals surface area (Å²) < 4.78 is 79.8. The number of ether oxygens (including phenoxy) is 2. The van der Waals surface area contributed by atoms with E-state index in [2.05, 4.69) is 25.3 Å². The number of aliphatic hydroxyl groups excluding tert-OH is 3. The number of nitro groups is 1. The molecule has 7 rings (SSSR count). The first kappa shape index (κ1) is 58.5. The third-order valence-corrected chi connectivity index (χ3v) is 14.6. The number of nitro benzene ring substituents is 1. The summed E-state index contributed by atoms with van der Waals surface area (Å²) in [5.41, 5.74) is 11.4. The number of non-ortho nitro benzene ring substituents is 1. The van der Waals surface area contributed by atoms with Gasteiger partial charge >= 0.3 is 0 Å². The zero-order valence-electron chi connectivity index (χ0n) is 39.6. The molecule has 0 aliphatic heterocycles. The van der Waals surface area contributed by atoms with Crippen LogP contribution < -0.4 is 20.5 Å². The highest BCUT2D eigenvalue weighted by Crippen LogP contribution is 2.30. The topological polar surface area (TPSA) is 314 Å². The Labute approximate surface area is 428 Å². The first-order valence-electron chi connectivity index (χ1n) is 21.8. The maximum atomic E-state index is 11.9. The standard InChI is InChI=1S/C20H21N3O4S.C11H9ClN2O.C9H11NO5S.C9H13NO3S/c1-27-19-8-3-2-7-17(19)18-9-10-21-20(23-18)22-16-6-4-5-15(13-16)14-28(25,26)12-11-24;1-15-10-5-3-2-4-8(10)9-6-7-13-11(12)14-9;11-4-5-16(14,15)7-8-2-1-3-9(6-8)10(12)13;10-9-3-1-2-8(6-9)7-14(12,13)5-4-11/h2-10,13,24H,11-12,14H2,1H3,(H,21,22,23);2-7H,1H3;1-3,6,11H,4-5,7H2;1-3,6,11H,4-5,7,10H2. The normalized spacial score (nSPS) is 11.0. The minimum atomic E-state index is -3.40. The number of nitrogens with zero attached hydrogens (tertiary/aromatic N) is 5. The minimum Gasteiger partial charge on any atom is -0.496 e. The largest absolute Gasteiger partial charge is 0.496 e. The van der Waals surface area contributed by atoms with Crippen molar-refractivity contribution in [1.29, 1.82) is 0 Å². The van der Waals surface area contributed by atoms with E-state index in [1.165, 1.54) is 24.3 Å². The van der Waals surface area contributed by atoms with Gasteiger partial charge in [-0.05, 0) is 89.0 Å². The van der Waals surface area contributed by atoms with Gasteiger partial charge in [0.1, 0.15) is 11.5 Å². The van der Waals surface area contributed by atoms with E-state index in [1.54, 1.807) is 87.3 Å². The van der Waals surface area contributed by atoms with Crippen LogP contribution in [-0.4, -0.2) is 117 Å². The van der Waals surface area contributed by atoms with Gasteiger partial charge in [-0.25, -0.2) is 45.2 Å². The number of hydrogen-bond acceptors (Lipinski definition) is 19. The van der Waals surface area contributed by atoms with Crippen molar-refractivity contribution in [2.45, 2.75) is 17.3 Å². The summed E-state index contributed by atoms with van der Waals surface area (Å²) in [6, 6.07) is 38.0. The predicted octanol–water partition coefficient (Wildman–Crippen LogP) is 6.29. The van der Waals surface area contributed by atoms with E-state index in [0.717, 1.165) is 22.6 Å². The fourth-order valence-electron chi connectivity index (χ4n) is 6.47. The number of nitrogens with two attached hydrogens (primary N) is 1. The molecular weight excluding hydrogens is 1030 g/mol. The zero-order chi connectivity index (χ0) is 53.4. The summed E-state index contributed by atoms with van der Waals surface area (Å²) in [4.78, 5) is 26.6. The van der Waals surface area contributed by atoms with Gasteiger partial charge in [-0.1, -0.05) is 60.7 Å². The average Bonchev–Trinajstić information content (AvgIpc) is 3.34. The van der Waals surface area contributed by atoms with Crippen molar-refractivity contribution in [2.75, 3.05) is 62.3 Å². The molecule has 0 bridgehead atoms. The molecule has 0 radical (unpaired) electrons. The molecular formula is C49H54ClN7O13S3. The molecule has 0 saturated heterocycles. The molecule has 0 amide bonds. The van der Waals surface area contributed by atoms with Gasteiger partial charge in [0, 0.05) is 47.0 Å². The third kappa shape index (κ3) is 20.5. The van der Waals surface area contributed by atoms with Gasteiger partial charge in [0.25, 0.3) is 5.69 Å². The first-order valence-corrected chi connectivity index (χ1v) is 27.6. The van der Waals surface area contributed by atoms with Crippen LogP contribution in [0.15, 0.2) is 146 Å². The van der Waals surface area contributed by atoms with E-state index in [-0.39, 0.29) is 58.7 Å². The second-order valence-corrected chi connectivity index (χ2v) is 22.2. The van der Waals surface area contributed by atoms with Crippen LogP contribution in [0.4, 0.5) is 23.0 Å². The van der Waals surface area contributed by atoms with Crippen LogP contribution in [0, 0.1) is 10.1 Å². The summed E-state index contributed by atoms with van der Waals surface area (Å²) in [5.74, 6) is 0.569. The van der Waals surface area contributed by atoms with Gasteiger partial charge in [0.05, 0.1) is 84.9 Å². The van der Waals surface area contributed by atoms with E-state index in [0.29, 0.717) is 45.5 Å². The average molecular weight is 1080 g/mol. The Bertz CT molecular complexity index is 3250. The van der Waals surface area contributed by atoms with Gasteiger partial charge in [-0.3, -0.25) is 10.1 Å². The second-order valence-electron chi connectivity index (χ2n) is 15.3. The number of nitrogens with one attached hydrogen (secondary N) is 1. The van der Waals surface area contributed by atoms with Crippen LogP contribution in [0.5, 0.6) is 11.5 Å². The lowest BCUT2D eigenvalue weighted by Gasteiger charge is -2.10. The Hall–Kier alpha value is -7.12. The Morgan fingerprint density at radius 3 is 1.52 bits per heavy atom. The van der Waals surface area contributed by atoms with E-state index < -0.39 is 41.0 Å². The Kier molecular flexibility index (Phi) is 23.1. The van der Waals surface area contributed by atoms with Crippen molar-refractivity contribution in [1.82, 2.24) is 19.9 Å². The van der Waals surface area contributed by atoms with Crippen molar-refractivity contribution in [3.05, 3.63) is 178 Å². The van der Waals surface area contributed by atoms with Crippen LogP contribution in [0.25, 0.3) is 22.5 Å². The number of anilines is 3. The number of para-hydroxylation sites is 2. The molecule has 20 nitrogen and oxygen atoms in total. The molecule has 0 saturated carbocycles. The summed E-state index contributed by atoms with van der Waals surface area (Å²) in [6.45, 7) is -1.17. The molecule has 0 fully saturated rings. The summed E-state index contributed by atoms with van der Waals surface area (Å²) >= 11 is 5.73. The SMILES string of the molecule is COc1ccccc1-c1ccnc(Cl)n1.COc1ccccc1-c1ccnc(Nc2cccc(CS(=O)(=O)CCO)c2)n1.Nc1cccc(CS(=O)(=O)CCO)c1.O=[N+]([O-])c1cccc(CS(=O)(=O)CCO)c1. The van der Waals surface area contributed by atoms with E-state index in [4.69, 9.17) is 42.1 Å². The lowest BCUT2D eigenvalue weighted by atomic mass is 10.1. The van der Waals surface area contributed by atoms with Crippen molar-refractivity contribution in [3.63, 3.8) is 0 Å². The molecule has 7 aromatic rings. The highest BCUT2D eigenvalue weighted by molar-refractivity contribution is 7.91. The van der Waals surface area contributed by atoms with Crippen LogP contribution in [0.3, 0.4) is 0 Å². The second kappa shape index (κ2) is 28.8. The summed E-state index contributed by atoms with van der Waals surface area (Å²) in [6.07, 6.45) is 3.27. The number of methoxy groups -OCH3 is 2. The maximum absolute atomic E-state index is 11.9. The summed E-state index contributed by atoms with van der Waals surface area (Å²) in [7, 11) is -6.72. The lowest BCUT2D eigenvalue weighted by molar-refractivity contribution is -0.384. The number of rotatable bonds is 19. The van der Waals surface area contributed by atoms with E-state index in [9.17, 15) is 35.4 Å². The molecule has 2 aromatic heterocycles. The predicted molar refractivity (Wildman–Crippen MR) is 280 cm³/mol. The van der Waals surface area contributed by atoms with Crippen LogP contribution in [0.1, 0.15) is 16.7 Å². The van der Waals surface area contributed by atoms with Crippen molar-refractivity contribution < 1.29 is 55.0 Å². The molecule has 24 heteroatoms. The number of nitrogen functional groups attached to an aromatic ring is 1. The molecule has 0 aliphatic rings. The Balaban J connectivity index is 0.000000222. The van der Waals surface area contributed by atoms with Crippen LogP contribution in [-0.2, 0) is 46.8 Å². The molecule has 6 N–H and O–H groups in total. The number of hydrogen-bond donors (Lipinski definition) is 5. The van der Waals surface area contributed by atoms with Crippen molar-refractivity contribution >= 4 is 64.1 Å². The van der Waals surface area contributed by atoms with Gasteiger partial charge in [0.15, 0.2) is 29.5 Å². The van der Waals surface area contributed by atoms with Crippen LogP contribution >= 0.6 is 11.6 Å². The van der Waals surface area contributed by atoms with Crippen molar-refractivity contribution in [3.8, 4) is 34.0 Å². The summed E-state index contributed by atoms with van der Waals surface area (Å²) in [5, 5.41) is 39.7. The molecule has 388 valence electrons. The number of benzene rings is 5. The Morgan fingerprint density at radius 2 is 1.04 bits per heavy atom. The van der Waals surface area contributed by atoms with Crippen molar-refractivity contribution in [2.24, 2.45) is 0 Å². The molecule has 0 spiro atoms. The first-order chi connectivity index (χ1) is 34.8. The highest BCUT2D eigenvalue weighted by Gasteiger charge is 2.15. The molecule has 73 heavy (non-hydrogen) atoms. The highest BCUT2D eigenvalue weighted by atomic mass is 35.5. The van der Waals surface area contributed by atoms with E-state index in [1.807, 2.05) is 48.5 Å². The van der Waals surface area contributed by atoms with E-state index >= 15 is 0 Å². The maximum Gasteiger partial charge on any atom is 0.269 e. The fourth-order valence-corrected chi connectivity index (χ4v) is 9.95. The van der Waals surface area contributed by atoms with Gasteiger partial charge in [-0.2, -0.15) is 0 Å². The fraction of sp³-hybridized carbons (Fsp3) is 0.224. The smallest absolute Gasteiger partial charge is 0.269 e. The van der Waals surface area contributed by atoms with Gasteiger partial charge in [0.2, 0.25) is 11.2 Å². The zero-order valence-corrected chi connectivity index (χ0v) is 42.8. The van der Waals surface area contributed by atoms with Gasteiger partial charge in [-0.15, -0.1) is 0 Å². The molecule has 5 aromatic carbocycles. The number of halogens is 1. The molecule has 2 heterocycles. The Morgan fingerprint density at radius 1 is 0.589 bits per heavy atom. The quantitative estimate of drug-likeness (QED) is 0.0257. The lowest BCUT2D eigenvalue weighted by Crippen LogP contribution is -2.12. The molecule has 0 unspecified atom stereocenters. The molecule has 0 atom stereocenters. The molecule has 0 aliphatic carbocycles. The number of aromatic nitrogens is 4. The number of sulfone groups is 3.